The Bertz CT molecular complexity index is 1740. The molecular weight excluding hydrogens is 650 g/mol. The second kappa shape index (κ2) is 16.3. The first-order valence-corrected chi connectivity index (χ1v) is 15.9. The Kier molecular flexibility index (Phi) is 11.9. The summed E-state index contributed by atoms with van der Waals surface area (Å²) in [5, 5.41) is 12.1. The third-order valence-electron chi connectivity index (χ3n) is 7.95. The van der Waals surface area contributed by atoms with Crippen molar-refractivity contribution in [2.45, 2.75) is 5.92 Å². The lowest BCUT2D eigenvalue weighted by Gasteiger charge is -2.17. The van der Waals surface area contributed by atoms with E-state index in [1.165, 1.54) is 27.4 Å². The summed E-state index contributed by atoms with van der Waals surface area (Å²) in [4.78, 5) is 33.9. The molecule has 260 valence electrons. The number of phenolic OH excluding ortho intramolecular Hbond substituents is 1. The van der Waals surface area contributed by atoms with Crippen LogP contribution >= 0.6 is 11.6 Å². The number of aromatic amines is 2. The molecule has 4 aromatic rings. The highest BCUT2D eigenvalue weighted by Gasteiger charge is 2.36. The topological polar surface area (TPSA) is 163 Å². The monoisotopic (exact) mass is 689 g/mol. The molecule has 0 saturated carbocycles. The third-order valence-corrected chi connectivity index (χ3v) is 8.32. The summed E-state index contributed by atoms with van der Waals surface area (Å²) >= 11 is 6.37. The van der Waals surface area contributed by atoms with Gasteiger partial charge in [-0.1, -0.05) is 0 Å². The summed E-state index contributed by atoms with van der Waals surface area (Å²) in [5.41, 5.74) is 2.62. The zero-order valence-corrected chi connectivity index (χ0v) is 28.1. The average Bonchev–Trinajstić information content (AvgIpc) is 3.83. The first-order chi connectivity index (χ1) is 23.4. The SMILES string of the molecule is COCCOCCOCCOCCOc1c(OC)cc2cc(C(=O)N3C[C@@H](CCl)c4c3cc(O)c3[nH]c(C(=O)OC)cc43)[nH]c2c1OC. The van der Waals surface area contributed by atoms with E-state index < -0.39 is 5.97 Å². The van der Waals surface area contributed by atoms with Crippen molar-refractivity contribution in [2.24, 2.45) is 0 Å². The minimum atomic E-state index is -0.577. The first-order valence-electron chi connectivity index (χ1n) is 15.3. The van der Waals surface area contributed by atoms with E-state index in [1.807, 2.05) is 0 Å². The van der Waals surface area contributed by atoms with Gasteiger partial charge in [0.15, 0.2) is 11.5 Å². The van der Waals surface area contributed by atoms with Gasteiger partial charge in [0.2, 0.25) is 5.75 Å². The van der Waals surface area contributed by atoms with E-state index >= 15 is 0 Å². The number of hydrogen-bond donors (Lipinski definition) is 3. The molecule has 5 rings (SSSR count). The molecule has 0 bridgehead atoms. The molecule has 0 radical (unpaired) electrons. The van der Waals surface area contributed by atoms with Crippen molar-refractivity contribution in [3.05, 3.63) is 41.2 Å². The number of esters is 1. The fourth-order valence-electron chi connectivity index (χ4n) is 5.72. The Hall–Kier alpha value is -4.21. The van der Waals surface area contributed by atoms with Crippen LogP contribution in [0.2, 0.25) is 0 Å². The Labute approximate surface area is 282 Å². The van der Waals surface area contributed by atoms with Gasteiger partial charge in [-0.2, -0.15) is 0 Å². The number of halogens is 1. The summed E-state index contributed by atoms with van der Waals surface area (Å²) in [6.45, 7) is 3.61. The van der Waals surface area contributed by atoms with Gasteiger partial charge in [0.1, 0.15) is 23.7 Å². The molecule has 1 aliphatic rings. The smallest absolute Gasteiger partial charge is 0.354 e. The van der Waals surface area contributed by atoms with Crippen LogP contribution in [0.5, 0.6) is 23.0 Å². The number of ether oxygens (including phenoxy) is 8. The lowest BCUT2D eigenvalue weighted by atomic mass is 9.98. The Morgan fingerprint density at radius 2 is 1.50 bits per heavy atom. The molecule has 14 nitrogen and oxygen atoms in total. The van der Waals surface area contributed by atoms with Crippen molar-refractivity contribution in [2.75, 3.05) is 98.6 Å². The van der Waals surface area contributed by atoms with Crippen LogP contribution in [0.25, 0.3) is 21.8 Å². The molecule has 2 aromatic carbocycles. The maximum atomic E-state index is 14.0. The van der Waals surface area contributed by atoms with Gasteiger partial charge in [-0.05, 0) is 23.8 Å². The second-order valence-corrected chi connectivity index (χ2v) is 11.1. The zero-order valence-electron chi connectivity index (χ0n) is 27.3. The molecule has 48 heavy (non-hydrogen) atoms. The lowest BCUT2D eigenvalue weighted by Crippen LogP contribution is -2.30. The number of carbonyl (C=O) groups excluding carboxylic acids is 2. The molecule has 3 N–H and O–H groups in total. The molecule has 1 amide bonds. The van der Waals surface area contributed by atoms with Crippen LogP contribution in [0.3, 0.4) is 0 Å². The van der Waals surface area contributed by atoms with Crippen LogP contribution in [-0.4, -0.2) is 121 Å². The molecule has 2 aromatic heterocycles. The minimum Gasteiger partial charge on any atom is -0.506 e. The molecule has 15 heteroatoms. The number of rotatable bonds is 18. The fourth-order valence-corrected chi connectivity index (χ4v) is 5.97. The van der Waals surface area contributed by atoms with E-state index in [-0.39, 0.29) is 48.0 Å². The Balaban J connectivity index is 1.30. The number of H-pyrrole nitrogens is 2. The maximum absolute atomic E-state index is 14.0. The summed E-state index contributed by atoms with van der Waals surface area (Å²) in [5.74, 6) is 0.0763. The molecule has 0 fully saturated rings. The number of phenols is 1. The predicted molar refractivity (Wildman–Crippen MR) is 178 cm³/mol. The van der Waals surface area contributed by atoms with E-state index in [0.29, 0.717) is 91.0 Å². The summed E-state index contributed by atoms with van der Waals surface area (Å²) in [6.07, 6.45) is 0. The van der Waals surface area contributed by atoms with E-state index in [0.717, 1.165) is 5.56 Å². The quantitative estimate of drug-likeness (QED) is 0.0779. The number of nitrogens with zero attached hydrogens (tertiary/aromatic N) is 1. The second-order valence-electron chi connectivity index (χ2n) is 10.8. The molecule has 0 aliphatic carbocycles. The molecule has 3 heterocycles. The highest BCUT2D eigenvalue weighted by molar-refractivity contribution is 6.19. The average molecular weight is 690 g/mol. The highest BCUT2D eigenvalue weighted by Crippen LogP contribution is 2.47. The molecule has 1 aliphatic heterocycles. The normalized spacial score (nSPS) is 14.1. The van der Waals surface area contributed by atoms with E-state index in [1.54, 1.807) is 30.2 Å². The molecule has 0 spiro atoms. The zero-order chi connectivity index (χ0) is 34.2. The van der Waals surface area contributed by atoms with Crippen molar-refractivity contribution in [3.8, 4) is 23.0 Å². The Morgan fingerprint density at radius 1 is 0.833 bits per heavy atom. The van der Waals surface area contributed by atoms with Gasteiger partial charge >= 0.3 is 5.97 Å². The van der Waals surface area contributed by atoms with Gasteiger partial charge in [0.25, 0.3) is 5.91 Å². The standard InChI is InChI=1S/C33H40ClN3O11/c1-41-5-6-45-7-8-46-9-10-47-11-12-48-30-26(42-2)14-19-13-22(35-28(19)31(30)43-3)32(39)37-18-20(17-34)27-21-15-23(33(40)44-4)36-29(21)25(38)16-24(27)37/h13-16,20,35-36,38H,5-12,17-18H2,1-4H3/t20-/m1/s1. The van der Waals surface area contributed by atoms with Gasteiger partial charge in [0.05, 0.1) is 84.3 Å². The molecule has 1 atom stereocenters. The molecule has 0 saturated heterocycles. The number of carbonyl (C=O) groups is 2. The summed E-state index contributed by atoms with van der Waals surface area (Å²) in [7, 11) is 5.92. The summed E-state index contributed by atoms with van der Waals surface area (Å²) in [6, 6.07) is 6.57. The number of aromatic nitrogens is 2. The van der Waals surface area contributed by atoms with Gasteiger partial charge in [-0.15, -0.1) is 11.6 Å². The number of alkyl halides is 1. The number of nitrogens with one attached hydrogen (secondary N) is 2. The minimum absolute atomic E-state index is 0.114. The van der Waals surface area contributed by atoms with Crippen LogP contribution in [0, 0.1) is 0 Å². The van der Waals surface area contributed by atoms with Gasteiger partial charge < -0.3 is 57.9 Å². The lowest BCUT2D eigenvalue weighted by molar-refractivity contribution is 0.00000798. The summed E-state index contributed by atoms with van der Waals surface area (Å²) < 4.78 is 43.6. The first kappa shape index (κ1) is 35.1. The molecule has 0 unspecified atom stereocenters. The number of fused-ring (bicyclic) bond motifs is 4. The molecular formula is C33H40ClN3O11. The fraction of sp³-hybridized carbons (Fsp3) is 0.455. The number of anilines is 1. The maximum Gasteiger partial charge on any atom is 0.354 e. The third kappa shape index (κ3) is 7.27. The number of benzene rings is 2. The Morgan fingerprint density at radius 3 is 2.12 bits per heavy atom. The highest BCUT2D eigenvalue weighted by atomic mass is 35.5. The van der Waals surface area contributed by atoms with Crippen LogP contribution < -0.4 is 19.1 Å². The van der Waals surface area contributed by atoms with Crippen molar-refractivity contribution in [1.29, 1.82) is 0 Å². The van der Waals surface area contributed by atoms with Crippen molar-refractivity contribution < 1.29 is 52.6 Å². The van der Waals surface area contributed by atoms with Crippen molar-refractivity contribution in [1.82, 2.24) is 9.97 Å². The van der Waals surface area contributed by atoms with Crippen LogP contribution in [0.4, 0.5) is 5.69 Å². The van der Waals surface area contributed by atoms with Gasteiger partial charge in [0, 0.05) is 42.3 Å². The number of methoxy groups -OCH3 is 4. The predicted octanol–water partition coefficient (Wildman–Crippen LogP) is 4.22. The van der Waals surface area contributed by atoms with Crippen LogP contribution in [0.1, 0.15) is 32.5 Å². The van der Waals surface area contributed by atoms with Crippen molar-refractivity contribution in [3.63, 3.8) is 0 Å². The van der Waals surface area contributed by atoms with Gasteiger partial charge in [-0.3, -0.25) is 4.79 Å². The van der Waals surface area contributed by atoms with Crippen LogP contribution in [0.15, 0.2) is 24.3 Å². The number of aromatic hydroxyl groups is 1. The van der Waals surface area contributed by atoms with Gasteiger partial charge in [-0.25, -0.2) is 4.79 Å². The van der Waals surface area contributed by atoms with E-state index in [9.17, 15) is 14.7 Å². The van der Waals surface area contributed by atoms with Crippen molar-refractivity contribution >= 4 is 51.0 Å². The van der Waals surface area contributed by atoms with E-state index in [2.05, 4.69) is 9.97 Å². The largest absolute Gasteiger partial charge is 0.506 e. The van der Waals surface area contributed by atoms with Crippen LogP contribution in [-0.2, 0) is 23.7 Å². The number of hydrogen-bond acceptors (Lipinski definition) is 11. The van der Waals surface area contributed by atoms with E-state index in [4.69, 9.17) is 49.5 Å². The number of amides is 1.